The van der Waals surface area contributed by atoms with Crippen LogP contribution in [0.4, 0.5) is 4.39 Å². The van der Waals surface area contributed by atoms with E-state index in [-0.39, 0.29) is 12.2 Å². The van der Waals surface area contributed by atoms with Crippen molar-refractivity contribution in [1.29, 1.82) is 0 Å². The number of rotatable bonds is 5. The van der Waals surface area contributed by atoms with Crippen molar-refractivity contribution in [2.24, 2.45) is 11.7 Å². The number of alkyl halides is 1. The Hall–Kier alpha value is -2.90. The van der Waals surface area contributed by atoms with Crippen LogP contribution in [-0.2, 0) is 4.79 Å². The van der Waals surface area contributed by atoms with Crippen molar-refractivity contribution >= 4 is 22.6 Å². The third-order valence-corrected chi connectivity index (χ3v) is 4.93. The van der Waals surface area contributed by atoms with Crippen LogP contribution >= 0.6 is 0 Å². The van der Waals surface area contributed by atoms with Crippen LogP contribution in [0, 0.1) is 5.92 Å². The van der Waals surface area contributed by atoms with Crippen LogP contribution in [0.5, 0.6) is 11.6 Å². The summed E-state index contributed by atoms with van der Waals surface area (Å²) in [7, 11) is 1.43. The van der Waals surface area contributed by atoms with Crippen molar-refractivity contribution in [1.82, 2.24) is 10.3 Å². The predicted molar refractivity (Wildman–Crippen MR) is 92.9 cm³/mol. The molecule has 0 radical (unpaired) electrons. The molecule has 3 rings (SSSR count). The monoisotopic (exact) mass is 361 g/mol. The van der Waals surface area contributed by atoms with Gasteiger partial charge in [0, 0.05) is 17.5 Å². The number of pyridine rings is 1. The van der Waals surface area contributed by atoms with Crippen LogP contribution in [-0.4, -0.2) is 42.2 Å². The Labute approximate surface area is 149 Å². The van der Waals surface area contributed by atoms with E-state index in [1.165, 1.54) is 20.2 Å². The van der Waals surface area contributed by atoms with E-state index < -0.39 is 29.4 Å². The maximum atomic E-state index is 14.3. The molecule has 138 valence electrons. The molecular weight excluding hydrogens is 341 g/mol. The molecule has 1 fully saturated rings. The van der Waals surface area contributed by atoms with Gasteiger partial charge in [0.1, 0.15) is 12.4 Å². The van der Waals surface area contributed by atoms with Gasteiger partial charge < -0.3 is 20.5 Å². The number of halogens is 1. The molecule has 1 aromatic heterocycles. The number of primary amides is 1. The molecule has 26 heavy (non-hydrogen) atoms. The third kappa shape index (κ3) is 2.91. The summed E-state index contributed by atoms with van der Waals surface area (Å²) in [6, 6.07) is 4.46. The van der Waals surface area contributed by atoms with Crippen molar-refractivity contribution in [2.75, 3.05) is 13.7 Å². The maximum Gasteiger partial charge on any atom is 0.258 e. The number of nitrogens with two attached hydrogens (primary N) is 1. The lowest BCUT2D eigenvalue weighted by molar-refractivity contribution is -0.129. The van der Waals surface area contributed by atoms with E-state index in [0.717, 1.165) is 0 Å². The molecule has 1 aliphatic heterocycles. The third-order valence-electron chi connectivity index (χ3n) is 4.93. The average Bonchev–Trinajstić information content (AvgIpc) is 2.81. The first kappa shape index (κ1) is 17.9. The zero-order chi connectivity index (χ0) is 19.1. The van der Waals surface area contributed by atoms with Crippen molar-refractivity contribution in [3.63, 3.8) is 0 Å². The summed E-state index contributed by atoms with van der Waals surface area (Å²) in [5.41, 5.74) is 3.69. The number of ether oxygens (including phenoxy) is 2. The first-order valence-corrected chi connectivity index (χ1v) is 8.15. The van der Waals surface area contributed by atoms with Gasteiger partial charge in [-0.25, -0.2) is 9.37 Å². The number of benzene rings is 1. The van der Waals surface area contributed by atoms with E-state index in [2.05, 4.69) is 10.3 Å². The van der Waals surface area contributed by atoms with Gasteiger partial charge >= 0.3 is 0 Å². The van der Waals surface area contributed by atoms with Crippen molar-refractivity contribution in [3.05, 3.63) is 30.0 Å². The molecule has 1 saturated heterocycles. The number of hydrogen-bond donors (Lipinski definition) is 2. The highest BCUT2D eigenvalue weighted by Crippen LogP contribution is 2.33. The normalized spacial score (nSPS) is 25.2. The Morgan fingerprint density at radius 3 is 2.77 bits per heavy atom. The van der Waals surface area contributed by atoms with Crippen molar-refractivity contribution in [3.8, 4) is 11.6 Å². The molecule has 0 bridgehead atoms. The van der Waals surface area contributed by atoms with Gasteiger partial charge in [-0.3, -0.25) is 9.59 Å². The number of carbonyl (C=O) groups is 2. The summed E-state index contributed by atoms with van der Waals surface area (Å²) in [5, 5.41) is 3.92. The van der Waals surface area contributed by atoms with Crippen LogP contribution in [0.1, 0.15) is 24.2 Å². The second-order valence-corrected chi connectivity index (χ2v) is 6.51. The second kappa shape index (κ2) is 6.44. The number of aromatic nitrogens is 1. The maximum absolute atomic E-state index is 14.3. The highest BCUT2D eigenvalue weighted by atomic mass is 19.1. The first-order chi connectivity index (χ1) is 12.3. The van der Waals surface area contributed by atoms with Gasteiger partial charge in [-0.2, -0.15) is 0 Å². The number of carbonyl (C=O) groups excluding carboxylic acids is 2. The van der Waals surface area contributed by atoms with Crippen LogP contribution in [0.15, 0.2) is 24.4 Å². The van der Waals surface area contributed by atoms with E-state index in [1.807, 2.05) is 0 Å². The highest BCUT2D eigenvalue weighted by Gasteiger charge is 2.50. The quantitative estimate of drug-likeness (QED) is 0.842. The Kier molecular flexibility index (Phi) is 4.43. The molecule has 1 aromatic carbocycles. The van der Waals surface area contributed by atoms with E-state index in [0.29, 0.717) is 22.4 Å². The largest absolute Gasteiger partial charge is 0.496 e. The Balaban J connectivity index is 1.89. The summed E-state index contributed by atoms with van der Waals surface area (Å²) in [6.07, 6.45) is 1.53. The molecule has 1 aliphatic rings. The minimum atomic E-state index is -1.93. The van der Waals surface area contributed by atoms with Gasteiger partial charge in [0.25, 0.3) is 11.8 Å². The van der Waals surface area contributed by atoms with Crippen molar-refractivity contribution < 1.29 is 23.5 Å². The number of amides is 2. The molecule has 2 aromatic rings. The Bertz CT molecular complexity index is 884. The van der Waals surface area contributed by atoms with Crippen LogP contribution in [0.25, 0.3) is 10.8 Å². The summed E-state index contributed by atoms with van der Waals surface area (Å²) in [6.45, 7) is 2.99. The Morgan fingerprint density at radius 2 is 2.19 bits per heavy atom. The minimum Gasteiger partial charge on any atom is -0.496 e. The van der Waals surface area contributed by atoms with Crippen LogP contribution in [0.3, 0.4) is 0 Å². The van der Waals surface area contributed by atoms with Gasteiger partial charge in [0.2, 0.25) is 5.88 Å². The first-order valence-electron chi connectivity index (χ1n) is 8.15. The smallest absolute Gasteiger partial charge is 0.258 e. The fraction of sp³-hybridized carbons (Fsp3) is 0.389. The number of fused-ring (bicyclic) bond motifs is 1. The van der Waals surface area contributed by atoms with E-state index in [4.69, 9.17) is 15.2 Å². The number of hydrogen-bond acceptors (Lipinski definition) is 5. The standard InChI is InChI=1S/C18H20FN3O4/c1-9-13(22-17(24)18(9,2)19)8-26-16-11-7-14(25-3)12(15(20)23)6-10(11)4-5-21-16/h4-7,9,13H,8H2,1-3H3,(H2,20,23)(H,22,24)/t9?,13?,18-/m1/s1. The van der Waals surface area contributed by atoms with Crippen LogP contribution < -0.4 is 20.5 Å². The lowest BCUT2D eigenvalue weighted by atomic mass is 9.91. The number of nitrogens with zero attached hydrogens (tertiary/aromatic N) is 1. The van der Waals surface area contributed by atoms with Gasteiger partial charge in [0.15, 0.2) is 5.67 Å². The van der Waals surface area contributed by atoms with Gasteiger partial charge in [0.05, 0.1) is 18.7 Å². The Morgan fingerprint density at radius 1 is 1.46 bits per heavy atom. The zero-order valence-electron chi connectivity index (χ0n) is 14.7. The van der Waals surface area contributed by atoms with Gasteiger partial charge in [-0.05, 0) is 30.5 Å². The zero-order valence-corrected chi connectivity index (χ0v) is 14.7. The second-order valence-electron chi connectivity index (χ2n) is 6.51. The topological polar surface area (TPSA) is 104 Å². The molecule has 2 heterocycles. The molecule has 3 atom stereocenters. The molecule has 0 spiro atoms. The molecule has 8 heteroatoms. The fourth-order valence-electron chi connectivity index (χ4n) is 3.02. The fourth-order valence-corrected chi connectivity index (χ4v) is 3.02. The number of nitrogens with one attached hydrogen (secondary N) is 1. The molecule has 2 amide bonds. The SMILES string of the molecule is COc1cc2c(OCC3NC(=O)[C@](C)(F)C3C)nccc2cc1C(N)=O. The molecule has 7 nitrogen and oxygen atoms in total. The lowest BCUT2D eigenvalue weighted by Gasteiger charge is -2.20. The van der Waals surface area contributed by atoms with E-state index in [9.17, 15) is 14.0 Å². The van der Waals surface area contributed by atoms with Crippen LogP contribution in [0.2, 0.25) is 0 Å². The molecular formula is C18H20FN3O4. The minimum absolute atomic E-state index is 0.0679. The summed E-state index contributed by atoms with van der Waals surface area (Å²) in [5.74, 6) is -1.18. The van der Waals surface area contributed by atoms with E-state index >= 15 is 0 Å². The summed E-state index contributed by atoms with van der Waals surface area (Å²) >= 11 is 0. The van der Waals surface area contributed by atoms with Crippen molar-refractivity contribution in [2.45, 2.75) is 25.6 Å². The van der Waals surface area contributed by atoms with E-state index in [1.54, 1.807) is 25.1 Å². The molecule has 3 N–H and O–H groups in total. The van der Waals surface area contributed by atoms with Gasteiger partial charge in [-0.15, -0.1) is 0 Å². The lowest BCUT2D eigenvalue weighted by Crippen LogP contribution is -2.34. The average molecular weight is 361 g/mol. The molecule has 0 aliphatic carbocycles. The predicted octanol–water partition coefficient (Wildman–Crippen LogP) is 1.58. The molecule has 2 unspecified atom stereocenters. The number of methoxy groups -OCH3 is 1. The highest BCUT2D eigenvalue weighted by molar-refractivity contribution is 6.01. The summed E-state index contributed by atoms with van der Waals surface area (Å²) in [4.78, 5) is 27.5. The molecule has 0 saturated carbocycles. The van der Waals surface area contributed by atoms with Gasteiger partial charge in [-0.1, -0.05) is 6.92 Å². The summed E-state index contributed by atoms with van der Waals surface area (Å²) < 4.78 is 25.3.